The molecule has 0 bridgehead atoms. The molecular weight excluding hydrogens is 230 g/mol. The average Bonchev–Trinajstić information content (AvgIpc) is 2.78. The lowest BCUT2D eigenvalue weighted by atomic mass is 10.2. The van der Waals surface area contributed by atoms with E-state index in [0.29, 0.717) is 0 Å². The Morgan fingerprint density at radius 2 is 1.32 bits per heavy atom. The third-order valence-corrected chi connectivity index (χ3v) is 3.92. The first kappa shape index (κ1) is 12.3. The van der Waals surface area contributed by atoms with Gasteiger partial charge < -0.3 is 4.57 Å². The summed E-state index contributed by atoms with van der Waals surface area (Å²) in [6.45, 7) is 3.40. The van der Waals surface area contributed by atoms with Crippen molar-refractivity contribution in [2.45, 2.75) is 39.2 Å². The zero-order valence-corrected chi connectivity index (χ0v) is 11.6. The predicted octanol–water partition coefficient (Wildman–Crippen LogP) is 5.37. The Labute approximate surface area is 114 Å². The lowest BCUT2D eigenvalue weighted by Crippen LogP contribution is -1.97. The zero-order valence-electron chi connectivity index (χ0n) is 11.6. The summed E-state index contributed by atoms with van der Waals surface area (Å²) >= 11 is 0. The lowest BCUT2D eigenvalue weighted by molar-refractivity contribution is 0.602. The molecule has 0 radical (unpaired) electrons. The number of benzene rings is 2. The molecule has 19 heavy (non-hydrogen) atoms. The molecular formula is C18H21N. The van der Waals surface area contributed by atoms with E-state index >= 15 is 0 Å². The maximum absolute atomic E-state index is 2.49. The summed E-state index contributed by atoms with van der Waals surface area (Å²) in [5.74, 6) is 0. The Morgan fingerprint density at radius 3 is 1.89 bits per heavy atom. The number of fused-ring (bicyclic) bond motifs is 3. The highest BCUT2D eigenvalue weighted by molar-refractivity contribution is 6.07. The third kappa shape index (κ3) is 2.25. The number of hydrogen-bond acceptors (Lipinski definition) is 0. The topological polar surface area (TPSA) is 4.93 Å². The fourth-order valence-corrected chi connectivity index (χ4v) is 2.94. The van der Waals surface area contributed by atoms with E-state index in [2.05, 4.69) is 60.0 Å². The maximum Gasteiger partial charge on any atom is 0.0491 e. The number of aryl methyl sites for hydroxylation is 1. The Morgan fingerprint density at radius 1 is 0.737 bits per heavy atom. The Bertz CT molecular complexity index is 625. The molecule has 1 aromatic heterocycles. The normalized spacial score (nSPS) is 11.4. The van der Waals surface area contributed by atoms with Crippen molar-refractivity contribution in [1.29, 1.82) is 0 Å². The molecule has 0 aliphatic rings. The number of hydrogen-bond donors (Lipinski definition) is 0. The van der Waals surface area contributed by atoms with Crippen LogP contribution in [0, 0.1) is 0 Å². The van der Waals surface area contributed by atoms with E-state index < -0.39 is 0 Å². The van der Waals surface area contributed by atoms with E-state index in [4.69, 9.17) is 0 Å². The van der Waals surface area contributed by atoms with Gasteiger partial charge in [0.25, 0.3) is 0 Å². The molecule has 0 spiro atoms. The first-order valence-corrected chi connectivity index (χ1v) is 7.38. The minimum Gasteiger partial charge on any atom is -0.340 e. The van der Waals surface area contributed by atoms with Crippen molar-refractivity contribution in [2.24, 2.45) is 0 Å². The molecule has 0 atom stereocenters. The van der Waals surface area contributed by atoms with Crippen LogP contribution in [0.5, 0.6) is 0 Å². The number of unbranched alkanes of at least 4 members (excludes halogenated alkanes) is 3. The van der Waals surface area contributed by atoms with Crippen LogP contribution in [-0.2, 0) is 6.54 Å². The monoisotopic (exact) mass is 251 g/mol. The van der Waals surface area contributed by atoms with E-state index in [1.165, 1.54) is 47.5 Å². The largest absolute Gasteiger partial charge is 0.340 e. The Balaban J connectivity index is 2.04. The molecule has 0 saturated heterocycles. The minimum absolute atomic E-state index is 1.13. The molecule has 0 fully saturated rings. The number of para-hydroxylation sites is 2. The highest BCUT2D eigenvalue weighted by atomic mass is 15.0. The molecule has 0 aliphatic heterocycles. The van der Waals surface area contributed by atoms with Crippen LogP contribution < -0.4 is 0 Å². The lowest BCUT2D eigenvalue weighted by Gasteiger charge is -2.07. The minimum atomic E-state index is 1.13. The van der Waals surface area contributed by atoms with Gasteiger partial charge in [-0.15, -0.1) is 0 Å². The van der Waals surface area contributed by atoms with Crippen molar-refractivity contribution in [1.82, 2.24) is 4.57 Å². The summed E-state index contributed by atoms with van der Waals surface area (Å²) < 4.78 is 2.49. The fourth-order valence-electron chi connectivity index (χ4n) is 2.94. The van der Waals surface area contributed by atoms with Crippen LogP contribution in [0.1, 0.15) is 32.6 Å². The molecule has 0 N–H and O–H groups in total. The SMILES string of the molecule is CCCCCCn1c2ccccc2c2ccccc21. The van der Waals surface area contributed by atoms with E-state index in [1.807, 2.05) is 0 Å². The summed E-state index contributed by atoms with van der Waals surface area (Å²) in [7, 11) is 0. The van der Waals surface area contributed by atoms with Gasteiger partial charge in [0, 0.05) is 28.4 Å². The summed E-state index contributed by atoms with van der Waals surface area (Å²) in [6.07, 6.45) is 5.25. The molecule has 2 aromatic carbocycles. The molecule has 98 valence electrons. The van der Waals surface area contributed by atoms with E-state index in [1.54, 1.807) is 0 Å². The second kappa shape index (κ2) is 5.48. The van der Waals surface area contributed by atoms with Gasteiger partial charge in [-0.3, -0.25) is 0 Å². The number of rotatable bonds is 5. The quantitative estimate of drug-likeness (QED) is 0.537. The standard InChI is InChI=1S/C18H21N/c1-2-3-4-9-14-19-17-12-7-5-10-15(17)16-11-6-8-13-18(16)19/h5-8,10-13H,2-4,9,14H2,1H3. The second-order valence-electron chi connectivity index (χ2n) is 5.25. The Kier molecular flexibility index (Phi) is 3.54. The highest BCUT2D eigenvalue weighted by Gasteiger charge is 2.08. The van der Waals surface area contributed by atoms with E-state index in [9.17, 15) is 0 Å². The van der Waals surface area contributed by atoms with Crippen molar-refractivity contribution in [3.05, 3.63) is 48.5 Å². The van der Waals surface area contributed by atoms with Gasteiger partial charge in [-0.25, -0.2) is 0 Å². The summed E-state index contributed by atoms with van der Waals surface area (Å²) in [6, 6.07) is 17.5. The molecule has 0 amide bonds. The zero-order chi connectivity index (χ0) is 13.1. The Hall–Kier alpha value is -1.76. The van der Waals surface area contributed by atoms with Crippen LogP contribution in [0.2, 0.25) is 0 Å². The maximum atomic E-state index is 2.49. The smallest absolute Gasteiger partial charge is 0.0491 e. The summed E-state index contributed by atoms with van der Waals surface area (Å²) in [4.78, 5) is 0. The van der Waals surface area contributed by atoms with Gasteiger partial charge in [-0.1, -0.05) is 62.6 Å². The van der Waals surface area contributed by atoms with Gasteiger partial charge in [0.2, 0.25) is 0 Å². The molecule has 3 rings (SSSR count). The van der Waals surface area contributed by atoms with Gasteiger partial charge in [-0.05, 0) is 18.6 Å². The van der Waals surface area contributed by atoms with E-state index in [0.717, 1.165) is 6.54 Å². The van der Waals surface area contributed by atoms with E-state index in [-0.39, 0.29) is 0 Å². The third-order valence-electron chi connectivity index (χ3n) is 3.92. The van der Waals surface area contributed by atoms with Crippen LogP contribution in [-0.4, -0.2) is 4.57 Å². The molecule has 0 saturated carbocycles. The van der Waals surface area contributed by atoms with Crippen molar-refractivity contribution in [3.8, 4) is 0 Å². The molecule has 1 nitrogen and oxygen atoms in total. The van der Waals surface area contributed by atoms with Gasteiger partial charge in [0.05, 0.1) is 0 Å². The number of aromatic nitrogens is 1. The van der Waals surface area contributed by atoms with Crippen LogP contribution in [0.25, 0.3) is 21.8 Å². The van der Waals surface area contributed by atoms with Gasteiger partial charge in [0.15, 0.2) is 0 Å². The van der Waals surface area contributed by atoms with Crippen LogP contribution >= 0.6 is 0 Å². The van der Waals surface area contributed by atoms with Gasteiger partial charge in [-0.2, -0.15) is 0 Å². The van der Waals surface area contributed by atoms with Crippen LogP contribution in [0.15, 0.2) is 48.5 Å². The first-order chi connectivity index (χ1) is 9.42. The van der Waals surface area contributed by atoms with Gasteiger partial charge >= 0.3 is 0 Å². The molecule has 3 aromatic rings. The predicted molar refractivity (Wildman–Crippen MR) is 83.6 cm³/mol. The number of nitrogens with zero attached hydrogens (tertiary/aromatic N) is 1. The molecule has 1 heterocycles. The average molecular weight is 251 g/mol. The van der Waals surface area contributed by atoms with Crippen molar-refractivity contribution < 1.29 is 0 Å². The van der Waals surface area contributed by atoms with Crippen molar-refractivity contribution >= 4 is 21.8 Å². The van der Waals surface area contributed by atoms with Crippen molar-refractivity contribution in [3.63, 3.8) is 0 Å². The molecule has 0 unspecified atom stereocenters. The summed E-state index contributed by atoms with van der Waals surface area (Å²) in [5, 5.41) is 2.77. The fraction of sp³-hybridized carbons (Fsp3) is 0.333. The molecule has 1 heteroatoms. The van der Waals surface area contributed by atoms with Crippen molar-refractivity contribution in [2.75, 3.05) is 0 Å². The second-order valence-corrected chi connectivity index (χ2v) is 5.25. The summed E-state index contributed by atoms with van der Waals surface area (Å²) in [5.41, 5.74) is 2.75. The van der Waals surface area contributed by atoms with Crippen LogP contribution in [0.3, 0.4) is 0 Å². The van der Waals surface area contributed by atoms with Crippen LogP contribution in [0.4, 0.5) is 0 Å². The first-order valence-electron chi connectivity index (χ1n) is 7.38. The molecule has 0 aliphatic carbocycles. The van der Waals surface area contributed by atoms with Gasteiger partial charge in [0.1, 0.15) is 0 Å². The highest BCUT2D eigenvalue weighted by Crippen LogP contribution is 2.28.